The molecule has 0 saturated heterocycles. The molecule has 0 aromatic heterocycles. The minimum absolute atomic E-state index is 0.0651. The number of rotatable bonds is 12. The first-order valence-corrected chi connectivity index (χ1v) is 17.1. The monoisotopic (exact) mass is 719 g/mol. The summed E-state index contributed by atoms with van der Waals surface area (Å²) in [5, 5.41) is 2.57. The van der Waals surface area contributed by atoms with E-state index in [4.69, 9.17) is 23.2 Å². The molecule has 254 valence electrons. The Bertz CT molecular complexity index is 1860. The number of amides is 2. The topological polar surface area (TPSA) is 86.8 Å². The lowest BCUT2D eigenvalue weighted by atomic mass is 10.0. The molecule has 0 aliphatic rings. The molecule has 1 atom stereocenters. The van der Waals surface area contributed by atoms with Gasteiger partial charge in [0.1, 0.15) is 12.6 Å². The summed E-state index contributed by atoms with van der Waals surface area (Å²) in [6.07, 6.45) is -4.85. The van der Waals surface area contributed by atoms with E-state index in [0.717, 1.165) is 23.3 Å². The van der Waals surface area contributed by atoms with Gasteiger partial charge in [-0.2, -0.15) is 13.2 Å². The van der Waals surface area contributed by atoms with Gasteiger partial charge in [-0.1, -0.05) is 83.4 Å². The SMILES string of the molecule is Cc1ccc(S(=O)(=O)N(CC(=O)N(Cc2cccc(Cl)c2)C(Cc2ccccc2)C(=O)NC(C)C)c2ccc(Cl)c(C(F)(F)F)c2)cc1. The summed E-state index contributed by atoms with van der Waals surface area (Å²) in [7, 11) is -4.62. The van der Waals surface area contributed by atoms with Crippen molar-refractivity contribution in [2.24, 2.45) is 0 Å². The molecule has 0 heterocycles. The Balaban J connectivity index is 1.87. The van der Waals surface area contributed by atoms with Crippen molar-refractivity contribution in [2.45, 2.75) is 56.9 Å². The van der Waals surface area contributed by atoms with Crippen LogP contribution in [0.3, 0.4) is 0 Å². The number of aryl methyl sites for hydroxylation is 1. The molecule has 0 saturated carbocycles. The molecule has 0 fully saturated rings. The molecule has 13 heteroatoms. The van der Waals surface area contributed by atoms with Gasteiger partial charge in [0, 0.05) is 24.0 Å². The fraction of sp³-hybridized carbons (Fsp3) is 0.257. The van der Waals surface area contributed by atoms with Crippen molar-refractivity contribution in [1.29, 1.82) is 0 Å². The number of nitrogens with one attached hydrogen (secondary N) is 1. The van der Waals surface area contributed by atoms with Gasteiger partial charge in [-0.05, 0) is 74.4 Å². The second kappa shape index (κ2) is 15.4. The molecule has 2 amide bonds. The lowest BCUT2D eigenvalue weighted by Gasteiger charge is -2.34. The molecular weight excluding hydrogens is 686 g/mol. The van der Waals surface area contributed by atoms with Crippen molar-refractivity contribution in [3.8, 4) is 0 Å². The third-order valence-electron chi connectivity index (χ3n) is 7.38. The van der Waals surface area contributed by atoms with Crippen molar-refractivity contribution in [2.75, 3.05) is 10.8 Å². The normalized spacial score (nSPS) is 12.4. The van der Waals surface area contributed by atoms with Gasteiger partial charge in [-0.3, -0.25) is 13.9 Å². The van der Waals surface area contributed by atoms with Crippen LogP contribution in [0.25, 0.3) is 0 Å². The fourth-order valence-corrected chi connectivity index (χ4v) is 6.86. The van der Waals surface area contributed by atoms with Crippen LogP contribution in [0.4, 0.5) is 18.9 Å². The van der Waals surface area contributed by atoms with E-state index in [2.05, 4.69) is 5.32 Å². The van der Waals surface area contributed by atoms with Gasteiger partial charge in [0.25, 0.3) is 10.0 Å². The van der Waals surface area contributed by atoms with Crippen LogP contribution in [0.1, 0.15) is 36.1 Å². The standard InChI is InChI=1S/C35H34Cl2F3N3O4S/c1-23(2)41-34(45)32(19-25-8-5-4-6-9-25)42(21-26-10-7-11-27(36)18-26)33(44)22-43(48(46,47)29-15-12-24(3)13-16-29)28-14-17-31(37)30(20-28)35(38,39)40/h4-18,20,23,32H,19,21-22H2,1-3H3,(H,41,45). The van der Waals surface area contributed by atoms with Crippen LogP contribution in [-0.4, -0.2) is 43.8 Å². The summed E-state index contributed by atoms with van der Waals surface area (Å²) in [6.45, 7) is 4.17. The van der Waals surface area contributed by atoms with E-state index in [1.165, 1.54) is 29.2 Å². The van der Waals surface area contributed by atoms with Gasteiger partial charge >= 0.3 is 6.18 Å². The molecule has 7 nitrogen and oxygen atoms in total. The fourth-order valence-electron chi connectivity index (χ4n) is 5.02. The van der Waals surface area contributed by atoms with Gasteiger partial charge in [-0.25, -0.2) is 8.42 Å². The summed E-state index contributed by atoms with van der Waals surface area (Å²) in [4.78, 5) is 29.2. The highest BCUT2D eigenvalue weighted by Gasteiger charge is 2.37. The minimum atomic E-state index is -4.91. The molecule has 1 N–H and O–H groups in total. The number of nitrogens with zero attached hydrogens (tertiary/aromatic N) is 2. The highest BCUT2D eigenvalue weighted by atomic mass is 35.5. The van der Waals surface area contributed by atoms with Crippen molar-refractivity contribution >= 4 is 50.7 Å². The van der Waals surface area contributed by atoms with Gasteiger partial charge in [0.2, 0.25) is 11.8 Å². The maximum atomic E-state index is 14.5. The molecule has 4 aromatic carbocycles. The Kier molecular flexibility index (Phi) is 11.8. The number of hydrogen-bond donors (Lipinski definition) is 1. The van der Waals surface area contributed by atoms with E-state index in [0.29, 0.717) is 21.0 Å². The quantitative estimate of drug-likeness (QED) is 0.163. The Morgan fingerprint density at radius 3 is 2.10 bits per heavy atom. The molecule has 0 spiro atoms. The second-order valence-electron chi connectivity index (χ2n) is 11.5. The number of halogens is 5. The van der Waals surface area contributed by atoms with Crippen molar-refractivity contribution in [1.82, 2.24) is 10.2 Å². The van der Waals surface area contributed by atoms with Crippen LogP contribution in [0.5, 0.6) is 0 Å². The third kappa shape index (κ3) is 9.30. The van der Waals surface area contributed by atoms with Crippen LogP contribution >= 0.6 is 23.2 Å². The number of anilines is 1. The van der Waals surface area contributed by atoms with E-state index in [1.807, 2.05) is 0 Å². The molecule has 0 radical (unpaired) electrons. The largest absolute Gasteiger partial charge is 0.417 e. The smallest absolute Gasteiger partial charge is 0.352 e. The molecule has 0 aliphatic carbocycles. The van der Waals surface area contributed by atoms with Gasteiger partial charge in [-0.15, -0.1) is 0 Å². The van der Waals surface area contributed by atoms with E-state index >= 15 is 0 Å². The lowest BCUT2D eigenvalue weighted by Crippen LogP contribution is -2.54. The van der Waals surface area contributed by atoms with E-state index < -0.39 is 56.9 Å². The molecule has 1 unspecified atom stereocenters. The van der Waals surface area contributed by atoms with Gasteiger partial charge in [0.15, 0.2) is 0 Å². The van der Waals surface area contributed by atoms with Crippen molar-refractivity contribution < 1.29 is 31.2 Å². The van der Waals surface area contributed by atoms with Gasteiger partial charge in [0.05, 0.1) is 21.2 Å². The summed E-state index contributed by atoms with van der Waals surface area (Å²) in [5.41, 5.74) is 0.309. The Morgan fingerprint density at radius 2 is 1.50 bits per heavy atom. The lowest BCUT2D eigenvalue weighted by molar-refractivity contribution is -0.140. The highest BCUT2D eigenvalue weighted by molar-refractivity contribution is 7.92. The zero-order valence-electron chi connectivity index (χ0n) is 26.3. The number of carbonyl (C=O) groups excluding carboxylic acids is 2. The Morgan fingerprint density at radius 1 is 0.854 bits per heavy atom. The maximum absolute atomic E-state index is 14.5. The molecule has 48 heavy (non-hydrogen) atoms. The number of carbonyl (C=O) groups is 2. The van der Waals surface area contributed by atoms with E-state index in [9.17, 15) is 31.2 Å². The summed E-state index contributed by atoms with van der Waals surface area (Å²) < 4.78 is 70.7. The Hall–Kier alpha value is -4.06. The predicted octanol–water partition coefficient (Wildman–Crippen LogP) is 7.68. The second-order valence-corrected chi connectivity index (χ2v) is 14.2. The molecule has 0 bridgehead atoms. The first kappa shape index (κ1) is 36.8. The number of benzene rings is 4. The van der Waals surface area contributed by atoms with Crippen LogP contribution in [0.15, 0.2) is 102 Å². The minimum Gasteiger partial charge on any atom is -0.352 e. The van der Waals surface area contributed by atoms with Crippen molar-refractivity contribution in [3.05, 3.63) is 129 Å². The van der Waals surface area contributed by atoms with Crippen LogP contribution in [0, 0.1) is 6.92 Å². The van der Waals surface area contributed by atoms with Crippen LogP contribution < -0.4 is 9.62 Å². The first-order chi connectivity index (χ1) is 22.6. The predicted molar refractivity (Wildman–Crippen MR) is 181 cm³/mol. The maximum Gasteiger partial charge on any atom is 0.417 e. The van der Waals surface area contributed by atoms with Crippen LogP contribution in [-0.2, 0) is 38.8 Å². The molecule has 4 rings (SSSR count). The molecule has 0 aliphatic heterocycles. The van der Waals surface area contributed by atoms with E-state index in [1.54, 1.807) is 75.4 Å². The molecule has 4 aromatic rings. The summed E-state index contributed by atoms with van der Waals surface area (Å²) in [6, 6.07) is 22.4. The number of alkyl halides is 3. The third-order valence-corrected chi connectivity index (χ3v) is 9.73. The Labute approximate surface area is 288 Å². The average Bonchev–Trinajstić information content (AvgIpc) is 3.01. The van der Waals surface area contributed by atoms with Crippen molar-refractivity contribution in [3.63, 3.8) is 0 Å². The number of hydrogen-bond acceptors (Lipinski definition) is 4. The zero-order chi connectivity index (χ0) is 35.2. The zero-order valence-corrected chi connectivity index (χ0v) is 28.7. The summed E-state index contributed by atoms with van der Waals surface area (Å²) in [5.74, 6) is -1.34. The summed E-state index contributed by atoms with van der Waals surface area (Å²) >= 11 is 12.1. The van der Waals surface area contributed by atoms with E-state index in [-0.39, 0.29) is 23.9 Å². The molecular formula is C35H34Cl2F3N3O4S. The highest BCUT2D eigenvalue weighted by Crippen LogP contribution is 2.38. The first-order valence-electron chi connectivity index (χ1n) is 14.9. The number of sulfonamides is 1. The average molecular weight is 721 g/mol. The van der Waals surface area contributed by atoms with Crippen LogP contribution in [0.2, 0.25) is 10.0 Å². The van der Waals surface area contributed by atoms with Gasteiger partial charge < -0.3 is 10.2 Å².